The molecule has 0 aliphatic carbocycles. The third-order valence-corrected chi connectivity index (χ3v) is 5.84. The monoisotopic (exact) mass is 425 g/mol. The molecule has 0 saturated carbocycles. The standard InChI is InChI=1S/C20H43N.HI/c1-6-11-15-19(10-5,16-12-7-2)20(21,17-13-8-3)18-14-9-4;/h6-18,21H2,1-5H3;1H. The summed E-state index contributed by atoms with van der Waals surface area (Å²) in [6.07, 6.45) is 17.5. The number of rotatable bonds is 14. The smallest absolute Gasteiger partial charge is 0.100 e. The lowest BCUT2D eigenvalue weighted by molar-refractivity contribution is -0.515. The highest BCUT2D eigenvalue weighted by molar-refractivity contribution is 4.96. The molecule has 0 amide bonds. The molecule has 0 atom stereocenters. The molecule has 0 aliphatic heterocycles. The Morgan fingerprint density at radius 2 is 0.909 bits per heavy atom. The summed E-state index contributed by atoms with van der Waals surface area (Å²) in [5, 5.41) is 0. The summed E-state index contributed by atoms with van der Waals surface area (Å²) in [7, 11) is 0. The van der Waals surface area contributed by atoms with E-state index in [0.29, 0.717) is 11.0 Å². The molecule has 1 nitrogen and oxygen atoms in total. The van der Waals surface area contributed by atoms with Crippen molar-refractivity contribution in [1.82, 2.24) is 0 Å². The van der Waals surface area contributed by atoms with Gasteiger partial charge in [0.1, 0.15) is 5.54 Å². The van der Waals surface area contributed by atoms with Crippen LogP contribution in [0.1, 0.15) is 118 Å². The van der Waals surface area contributed by atoms with Crippen LogP contribution in [0.15, 0.2) is 0 Å². The van der Waals surface area contributed by atoms with Gasteiger partial charge in [-0.05, 0) is 32.1 Å². The Morgan fingerprint density at radius 3 is 1.18 bits per heavy atom. The van der Waals surface area contributed by atoms with Crippen LogP contribution in [0.4, 0.5) is 0 Å². The molecule has 0 fully saturated rings. The quantitative estimate of drug-likeness (QED) is 0.414. The number of unbranched alkanes of at least 4 members (excludes halogenated alkanes) is 4. The van der Waals surface area contributed by atoms with E-state index in [1.165, 1.54) is 83.5 Å². The first kappa shape index (κ1) is 24.9. The highest BCUT2D eigenvalue weighted by Gasteiger charge is 2.48. The van der Waals surface area contributed by atoms with E-state index in [0.717, 1.165) is 0 Å². The van der Waals surface area contributed by atoms with Gasteiger partial charge < -0.3 is 29.7 Å². The molecule has 136 valence electrons. The van der Waals surface area contributed by atoms with Gasteiger partial charge in [0, 0.05) is 18.3 Å². The lowest BCUT2D eigenvalue weighted by Gasteiger charge is -2.46. The zero-order valence-corrected chi connectivity index (χ0v) is 18.4. The summed E-state index contributed by atoms with van der Waals surface area (Å²) in [5.74, 6) is 0. The molecule has 0 aromatic rings. The minimum absolute atomic E-state index is 0. The van der Waals surface area contributed by atoms with E-state index < -0.39 is 0 Å². The van der Waals surface area contributed by atoms with Crippen molar-refractivity contribution in [3.8, 4) is 0 Å². The third-order valence-electron chi connectivity index (χ3n) is 5.84. The van der Waals surface area contributed by atoms with Crippen LogP contribution in [-0.2, 0) is 0 Å². The molecule has 0 aliphatic rings. The number of quaternary nitrogens is 1. The molecule has 3 N–H and O–H groups in total. The molecule has 0 bridgehead atoms. The molecule has 22 heavy (non-hydrogen) atoms. The van der Waals surface area contributed by atoms with Crippen LogP contribution in [0.5, 0.6) is 0 Å². The lowest BCUT2D eigenvalue weighted by Crippen LogP contribution is -3.00. The van der Waals surface area contributed by atoms with E-state index in [1.807, 2.05) is 0 Å². The predicted octanol–water partition coefficient (Wildman–Crippen LogP) is 3.13. The van der Waals surface area contributed by atoms with E-state index in [-0.39, 0.29) is 24.0 Å². The zero-order valence-electron chi connectivity index (χ0n) is 16.3. The van der Waals surface area contributed by atoms with Crippen LogP contribution in [0, 0.1) is 5.41 Å². The van der Waals surface area contributed by atoms with Gasteiger partial charge >= 0.3 is 0 Å². The van der Waals surface area contributed by atoms with Crippen LogP contribution < -0.4 is 29.7 Å². The van der Waals surface area contributed by atoms with Gasteiger partial charge in [-0.3, -0.25) is 0 Å². The second-order valence-electron chi connectivity index (χ2n) is 7.33. The van der Waals surface area contributed by atoms with Crippen molar-refractivity contribution in [3.05, 3.63) is 0 Å². The first-order valence-electron chi connectivity index (χ1n) is 9.91. The zero-order chi connectivity index (χ0) is 16.2. The van der Waals surface area contributed by atoms with Crippen molar-refractivity contribution in [2.45, 2.75) is 124 Å². The molecule has 0 heterocycles. The highest BCUT2D eigenvalue weighted by Crippen LogP contribution is 2.46. The van der Waals surface area contributed by atoms with E-state index in [9.17, 15) is 0 Å². The lowest BCUT2D eigenvalue weighted by atomic mass is 9.59. The summed E-state index contributed by atoms with van der Waals surface area (Å²) in [4.78, 5) is 0. The van der Waals surface area contributed by atoms with Crippen molar-refractivity contribution in [2.24, 2.45) is 5.41 Å². The molecule has 0 unspecified atom stereocenters. The minimum Gasteiger partial charge on any atom is -1.00 e. The maximum atomic E-state index is 4.89. The Bertz CT molecular complexity index is 224. The van der Waals surface area contributed by atoms with Gasteiger partial charge in [-0.15, -0.1) is 0 Å². The highest BCUT2D eigenvalue weighted by atomic mass is 127. The number of halogens is 1. The van der Waals surface area contributed by atoms with E-state index in [2.05, 4.69) is 34.6 Å². The van der Waals surface area contributed by atoms with Crippen molar-refractivity contribution in [1.29, 1.82) is 0 Å². The van der Waals surface area contributed by atoms with E-state index in [1.54, 1.807) is 0 Å². The summed E-state index contributed by atoms with van der Waals surface area (Å²) < 4.78 is 0. The van der Waals surface area contributed by atoms with Gasteiger partial charge in [0.25, 0.3) is 0 Å². The van der Waals surface area contributed by atoms with Gasteiger partial charge in [-0.1, -0.05) is 73.1 Å². The van der Waals surface area contributed by atoms with Crippen molar-refractivity contribution >= 4 is 0 Å². The normalized spacial score (nSPS) is 12.3. The molecule has 0 spiro atoms. The van der Waals surface area contributed by atoms with Gasteiger partial charge in [0.2, 0.25) is 0 Å². The summed E-state index contributed by atoms with van der Waals surface area (Å²) in [6, 6.07) is 0. The van der Waals surface area contributed by atoms with Crippen molar-refractivity contribution < 1.29 is 29.7 Å². The molecular formula is C20H44IN. The molecule has 0 saturated heterocycles. The molecule has 0 radical (unpaired) electrons. The minimum atomic E-state index is 0. The van der Waals surface area contributed by atoms with Crippen molar-refractivity contribution in [3.63, 3.8) is 0 Å². The van der Waals surface area contributed by atoms with E-state index >= 15 is 0 Å². The van der Waals surface area contributed by atoms with Gasteiger partial charge in [-0.2, -0.15) is 0 Å². The van der Waals surface area contributed by atoms with Crippen LogP contribution in [-0.4, -0.2) is 5.54 Å². The fourth-order valence-electron chi connectivity index (χ4n) is 4.10. The SMILES string of the molecule is CCCCC([NH3+])(CCCC)C(CC)(CCCC)CCCC.[I-]. The molecule has 2 heteroatoms. The molecule has 0 aromatic carbocycles. The Labute approximate surface area is 158 Å². The Hall–Kier alpha value is 0.690. The molecular weight excluding hydrogens is 381 g/mol. The first-order valence-corrected chi connectivity index (χ1v) is 9.91. The fourth-order valence-corrected chi connectivity index (χ4v) is 4.10. The van der Waals surface area contributed by atoms with E-state index in [4.69, 9.17) is 5.73 Å². The maximum Gasteiger partial charge on any atom is 0.100 e. The maximum absolute atomic E-state index is 4.89. The number of hydrogen-bond acceptors (Lipinski definition) is 0. The van der Waals surface area contributed by atoms with Gasteiger partial charge in [0.05, 0.1) is 0 Å². The van der Waals surface area contributed by atoms with Crippen LogP contribution in [0.25, 0.3) is 0 Å². The Balaban J connectivity index is 0. The number of hydrogen-bond donors (Lipinski definition) is 1. The second kappa shape index (κ2) is 14.1. The fraction of sp³-hybridized carbons (Fsp3) is 1.00. The molecule has 0 rings (SSSR count). The van der Waals surface area contributed by atoms with Gasteiger partial charge in [-0.25, -0.2) is 0 Å². The Kier molecular flexibility index (Phi) is 15.9. The summed E-state index contributed by atoms with van der Waals surface area (Å²) in [6.45, 7) is 11.8. The van der Waals surface area contributed by atoms with Crippen LogP contribution in [0.2, 0.25) is 0 Å². The topological polar surface area (TPSA) is 27.6 Å². The molecule has 0 aromatic heterocycles. The second-order valence-corrected chi connectivity index (χ2v) is 7.33. The van der Waals surface area contributed by atoms with Gasteiger partial charge in [0.15, 0.2) is 0 Å². The van der Waals surface area contributed by atoms with Crippen molar-refractivity contribution in [2.75, 3.05) is 0 Å². The van der Waals surface area contributed by atoms with Crippen LogP contribution in [0.3, 0.4) is 0 Å². The van der Waals surface area contributed by atoms with Crippen LogP contribution >= 0.6 is 0 Å². The predicted molar refractivity (Wildman–Crippen MR) is 96.4 cm³/mol. The first-order chi connectivity index (χ1) is 10.1. The average Bonchev–Trinajstić information content (AvgIpc) is 2.51. The third kappa shape index (κ3) is 7.51. The summed E-state index contributed by atoms with van der Waals surface area (Å²) in [5.41, 5.74) is 5.70. The summed E-state index contributed by atoms with van der Waals surface area (Å²) >= 11 is 0. The Morgan fingerprint density at radius 1 is 0.591 bits per heavy atom. The largest absolute Gasteiger partial charge is 1.00 e. The average molecular weight is 425 g/mol.